The number of ether oxygens (including phenoxy) is 1. The average molecular weight is 359 g/mol. The molecule has 0 saturated heterocycles. The Kier molecular flexibility index (Phi) is 4.90. The molecule has 1 atom stereocenters. The number of aryl methyl sites for hydroxylation is 1. The molecule has 0 bridgehead atoms. The molecule has 3 nitrogen and oxygen atoms in total. The van der Waals surface area contributed by atoms with Crippen LogP contribution in [0.5, 0.6) is 5.75 Å². The van der Waals surface area contributed by atoms with Crippen molar-refractivity contribution in [3.63, 3.8) is 0 Å². The molecule has 2 aromatic carbocycles. The maximum absolute atomic E-state index is 11.6. The first-order valence-corrected chi connectivity index (χ1v) is 7.49. The van der Waals surface area contributed by atoms with Crippen molar-refractivity contribution in [3.8, 4) is 5.75 Å². The van der Waals surface area contributed by atoms with Crippen LogP contribution < -0.4 is 9.84 Å². The van der Waals surface area contributed by atoms with E-state index in [1.807, 2.05) is 6.92 Å². The Balaban J connectivity index is 2.47. The normalized spacial score (nSPS) is 13.5. The smallest absolute Gasteiger partial charge is 0.170 e. The van der Waals surface area contributed by atoms with Gasteiger partial charge in [-0.2, -0.15) is 0 Å². The molecule has 0 fully saturated rings. The Morgan fingerprint density at radius 2 is 1.59 bits per heavy atom. The minimum absolute atomic E-state index is 0.114. The first kappa shape index (κ1) is 16.9. The van der Waals surface area contributed by atoms with Crippen molar-refractivity contribution < 1.29 is 14.6 Å². The van der Waals surface area contributed by atoms with Gasteiger partial charge in [0.1, 0.15) is 5.75 Å². The van der Waals surface area contributed by atoms with Gasteiger partial charge in [-0.25, -0.2) is 0 Å². The number of carbonyl (C=O) groups excluding carboxylic acids is 1. The second-order valence-electron chi connectivity index (χ2n) is 4.99. The molecule has 0 amide bonds. The lowest BCUT2D eigenvalue weighted by Crippen LogP contribution is -2.48. The van der Waals surface area contributed by atoms with E-state index < -0.39 is 11.6 Å². The molecule has 2 rings (SSSR count). The summed E-state index contributed by atoms with van der Waals surface area (Å²) < 4.78 is 5.62. The number of hydrogen-bond donors (Lipinski definition) is 0. The zero-order valence-corrected chi connectivity index (χ0v) is 14.1. The summed E-state index contributed by atoms with van der Waals surface area (Å²) in [4.78, 5) is 11.6. The van der Waals surface area contributed by atoms with Gasteiger partial charge in [0.2, 0.25) is 0 Å². The van der Waals surface area contributed by atoms with Crippen molar-refractivity contribution in [2.75, 3.05) is 0 Å². The first-order chi connectivity index (χ1) is 10.2. The van der Waals surface area contributed by atoms with Crippen LogP contribution in [0.15, 0.2) is 36.4 Å². The highest BCUT2D eigenvalue weighted by molar-refractivity contribution is 6.43. The number of hydrogen-bond acceptors (Lipinski definition) is 3. The highest BCUT2D eigenvalue weighted by Crippen LogP contribution is 2.37. The van der Waals surface area contributed by atoms with Crippen molar-refractivity contribution >= 4 is 40.8 Å². The number of aliphatic carboxylic acids is 1. The predicted molar refractivity (Wildman–Crippen MR) is 85.6 cm³/mol. The zero-order chi connectivity index (χ0) is 16.5. The van der Waals surface area contributed by atoms with E-state index in [-0.39, 0.29) is 20.8 Å². The van der Waals surface area contributed by atoms with Crippen LogP contribution in [0.1, 0.15) is 18.1 Å². The molecule has 0 heterocycles. The molecule has 2 aromatic rings. The van der Waals surface area contributed by atoms with E-state index in [1.54, 1.807) is 24.3 Å². The SMILES string of the molecule is Cc1ccc(C(C)(Oc2cc(Cl)c(Cl)cc2Cl)C(=O)[O-])cc1. The molecule has 6 heteroatoms. The third-order valence-electron chi connectivity index (χ3n) is 3.28. The van der Waals surface area contributed by atoms with Gasteiger partial charge in [0.15, 0.2) is 5.60 Å². The Labute approximate surface area is 143 Å². The van der Waals surface area contributed by atoms with Crippen molar-refractivity contribution in [1.29, 1.82) is 0 Å². The summed E-state index contributed by atoms with van der Waals surface area (Å²) in [6.45, 7) is 3.29. The first-order valence-electron chi connectivity index (χ1n) is 6.36. The van der Waals surface area contributed by atoms with Gasteiger partial charge in [-0.15, -0.1) is 0 Å². The summed E-state index contributed by atoms with van der Waals surface area (Å²) >= 11 is 17.8. The molecule has 0 radical (unpaired) electrons. The van der Waals surface area contributed by atoms with Gasteiger partial charge in [0.05, 0.1) is 21.0 Å². The number of carboxylic acids is 1. The van der Waals surface area contributed by atoms with Crippen LogP contribution in [0.3, 0.4) is 0 Å². The Hall–Kier alpha value is -1.42. The number of benzene rings is 2. The monoisotopic (exact) mass is 357 g/mol. The maximum atomic E-state index is 11.6. The maximum Gasteiger partial charge on any atom is 0.170 e. The lowest BCUT2D eigenvalue weighted by Gasteiger charge is -2.32. The fourth-order valence-corrected chi connectivity index (χ4v) is 2.47. The number of carboxylic acid groups (broad SMARTS) is 1. The fraction of sp³-hybridized carbons (Fsp3) is 0.188. The molecule has 0 saturated carbocycles. The van der Waals surface area contributed by atoms with E-state index in [0.29, 0.717) is 5.56 Å². The van der Waals surface area contributed by atoms with Crippen LogP contribution in [0.25, 0.3) is 0 Å². The van der Waals surface area contributed by atoms with Gasteiger partial charge in [0, 0.05) is 11.6 Å². The standard InChI is InChI=1S/C16H13Cl3O3/c1-9-3-5-10(6-4-9)16(2,15(20)21)22-14-8-12(18)11(17)7-13(14)19/h3-8H,1-2H3,(H,20,21)/p-1. The van der Waals surface area contributed by atoms with Crippen LogP contribution >= 0.6 is 34.8 Å². The third kappa shape index (κ3) is 3.32. The zero-order valence-electron chi connectivity index (χ0n) is 11.8. The minimum Gasteiger partial charge on any atom is -0.545 e. The van der Waals surface area contributed by atoms with E-state index >= 15 is 0 Å². The summed E-state index contributed by atoms with van der Waals surface area (Å²) in [7, 11) is 0. The molecule has 0 spiro atoms. The quantitative estimate of drug-likeness (QED) is 0.776. The van der Waals surface area contributed by atoms with E-state index in [2.05, 4.69) is 0 Å². The molecule has 0 aliphatic carbocycles. The van der Waals surface area contributed by atoms with Gasteiger partial charge >= 0.3 is 0 Å². The lowest BCUT2D eigenvalue weighted by molar-refractivity contribution is -0.322. The summed E-state index contributed by atoms with van der Waals surface area (Å²) in [5.41, 5.74) is -0.286. The number of halogens is 3. The average Bonchev–Trinajstić information content (AvgIpc) is 2.45. The largest absolute Gasteiger partial charge is 0.545 e. The van der Waals surface area contributed by atoms with Crippen LogP contribution in [0.2, 0.25) is 15.1 Å². The molecular weight excluding hydrogens is 347 g/mol. The van der Waals surface area contributed by atoms with E-state index in [4.69, 9.17) is 39.5 Å². The van der Waals surface area contributed by atoms with Crippen LogP contribution in [-0.2, 0) is 10.4 Å². The molecule has 0 aliphatic rings. The van der Waals surface area contributed by atoms with Gasteiger partial charge < -0.3 is 14.6 Å². The fourth-order valence-electron chi connectivity index (χ4n) is 1.89. The highest BCUT2D eigenvalue weighted by atomic mass is 35.5. The Bertz CT molecular complexity index is 713. The lowest BCUT2D eigenvalue weighted by atomic mass is 9.95. The highest BCUT2D eigenvalue weighted by Gasteiger charge is 2.32. The molecule has 0 aliphatic heterocycles. The van der Waals surface area contributed by atoms with Crippen molar-refractivity contribution in [3.05, 3.63) is 62.6 Å². The third-order valence-corrected chi connectivity index (χ3v) is 4.30. The predicted octanol–water partition coefficient (Wildman–Crippen LogP) is 4.00. The summed E-state index contributed by atoms with van der Waals surface area (Å²) in [5, 5.41) is 12.3. The van der Waals surface area contributed by atoms with Gasteiger partial charge in [0.25, 0.3) is 0 Å². The second kappa shape index (κ2) is 6.37. The topological polar surface area (TPSA) is 49.4 Å². The van der Waals surface area contributed by atoms with Crippen molar-refractivity contribution in [2.45, 2.75) is 19.4 Å². The minimum atomic E-state index is -1.71. The second-order valence-corrected chi connectivity index (χ2v) is 6.21. The van der Waals surface area contributed by atoms with Gasteiger partial charge in [-0.1, -0.05) is 64.6 Å². The molecule has 116 valence electrons. The Morgan fingerprint density at radius 3 is 2.14 bits per heavy atom. The van der Waals surface area contributed by atoms with Crippen LogP contribution in [0.4, 0.5) is 0 Å². The summed E-state index contributed by atoms with van der Waals surface area (Å²) in [6.07, 6.45) is 0. The Morgan fingerprint density at radius 1 is 1.05 bits per heavy atom. The van der Waals surface area contributed by atoms with Crippen molar-refractivity contribution in [2.24, 2.45) is 0 Å². The van der Waals surface area contributed by atoms with Gasteiger partial charge in [-0.05, 0) is 19.9 Å². The van der Waals surface area contributed by atoms with Crippen LogP contribution in [-0.4, -0.2) is 5.97 Å². The van der Waals surface area contributed by atoms with Gasteiger partial charge in [-0.3, -0.25) is 0 Å². The molecule has 1 unspecified atom stereocenters. The number of carbonyl (C=O) groups is 1. The summed E-state index contributed by atoms with van der Waals surface area (Å²) in [6, 6.07) is 9.67. The van der Waals surface area contributed by atoms with E-state index in [9.17, 15) is 9.90 Å². The number of rotatable bonds is 4. The van der Waals surface area contributed by atoms with Crippen LogP contribution in [0, 0.1) is 6.92 Å². The van der Waals surface area contributed by atoms with Crippen molar-refractivity contribution in [1.82, 2.24) is 0 Å². The molecule has 0 aromatic heterocycles. The molecule has 22 heavy (non-hydrogen) atoms. The van der Waals surface area contributed by atoms with E-state index in [0.717, 1.165) is 5.56 Å². The summed E-state index contributed by atoms with van der Waals surface area (Å²) in [5.74, 6) is -1.28. The van der Waals surface area contributed by atoms with E-state index in [1.165, 1.54) is 19.1 Å². The molecule has 0 N–H and O–H groups in total. The molecular formula is C16H12Cl3O3-.